The molecule has 2 aromatic carbocycles. The highest BCUT2D eigenvalue weighted by atomic mass is 16.6. The molecule has 2 aromatic rings. The van der Waals surface area contributed by atoms with Gasteiger partial charge >= 0.3 is 5.97 Å². The van der Waals surface area contributed by atoms with Crippen LogP contribution >= 0.6 is 0 Å². The van der Waals surface area contributed by atoms with Crippen LogP contribution in [0.25, 0.3) is 0 Å². The van der Waals surface area contributed by atoms with Crippen LogP contribution in [0, 0.1) is 0 Å². The van der Waals surface area contributed by atoms with E-state index >= 15 is 0 Å². The van der Waals surface area contributed by atoms with Crippen LogP contribution < -0.4 is 14.2 Å². The van der Waals surface area contributed by atoms with Crippen LogP contribution in [0.4, 0.5) is 0 Å². The van der Waals surface area contributed by atoms with Crippen molar-refractivity contribution < 1.29 is 23.7 Å². The Labute approximate surface area is 141 Å². The molecule has 126 valence electrons. The maximum absolute atomic E-state index is 11.5. The van der Waals surface area contributed by atoms with Gasteiger partial charge in [0.25, 0.3) is 0 Å². The molecule has 0 amide bonds. The lowest BCUT2D eigenvalue weighted by atomic mass is 9.94. The molecule has 0 aliphatic carbocycles. The molecule has 2 unspecified atom stereocenters. The summed E-state index contributed by atoms with van der Waals surface area (Å²) in [6.07, 6.45) is -0.161. The molecule has 0 spiro atoms. The monoisotopic (exact) mass is 328 g/mol. The molecule has 5 nitrogen and oxygen atoms in total. The van der Waals surface area contributed by atoms with Crippen LogP contribution in [0.5, 0.6) is 17.2 Å². The summed E-state index contributed by atoms with van der Waals surface area (Å²) < 4.78 is 22.1. The van der Waals surface area contributed by atoms with E-state index in [1.54, 1.807) is 14.2 Å². The molecule has 1 aliphatic rings. The topological polar surface area (TPSA) is 54.0 Å². The maximum atomic E-state index is 11.5. The first kappa shape index (κ1) is 16.2. The van der Waals surface area contributed by atoms with Gasteiger partial charge in [0, 0.05) is 19.4 Å². The Balaban J connectivity index is 1.94. The number of carbonyl (C=O) groups is 1. The van der Waals surface area contributed by atoms with Gasteiger partial charge in [-0.05, 0) is 29.3 Å². The zero-order valence-electron chi connectivity index (χ0n) is 13.9. The standard InChI is InChI=1S/C19H20O5/c1-12(20)23-18-10-14-6-9-16(22-3)11-17(14)24-19(18)13-4-7-15(21-2)8-5-13/h4-9,11,18-19H,10H2,1-3H3. The van der Waals surface area contributed by atoms with E-state index in [9.17, 15) is 4.79 Å². The van der Waals surface area contributed by atoms with Crippen molar-refractivity contribution in [2.75, 3.05) is 14.2 Å². The summed E-state index contributed by atoms with van der Waals surface area (Å²) in [5.74, 6) is 1.92. The van der Waals surface area contributed by atoms with Gasteiger partial charge in [-0.1, -0.05) is 18.2 Å². The summed E-state index contributed by atoms with van der Waals surface area (Å²) in [5, 5.41) is 0. The molecule has 5 heteroatoms. The number of hydrogen-bond donors (Lipinski definition) is 0. The molecule has 0 aromatic heterocycles. The van der Waals surface area contributed by atoms with Crippen LogP contribution in [0.2, 0.25) is 0 Å². The van der Waals surface area contributed by atoms with Gasteiger partial charge in [0.05, 0.1) is 14.2 Å². The van der Waals surface area contributed by atoms with E-state index in [0.29, 0.717) is 6.42 Å². The van der Waals surface area contributed by atoms with Gasteiger partial charge < -0.3 is 18.9 Å². The van der Waals surface area contributed by atoms with E-state index in [0.717, 1.165) is 28.4 Å². The molecule has 24 heavy (non-hydrogen) atoms. The largest absolute Gasteiger partial charge is 0.497 e. The Morgan fingerprint density at radius 1 is 1.04 bits per heavy atom. The lowest BCUT2D eigenvalue weighted by Crippen LogP contribution is -2.34. The highest BCUT2D eigenvalue weighted by Crippen LogP contribution is 2.38. The van der Waals surface area contributed by atoms with Crippen LogP contribution in [-0.2, 0) is 16.0 Å². The Morgan fingerprint density at radius 3 is 2.33 bits per heavy atom. The minimum Gasteiger partial charge on any atom is -0.497 e. The third kappa shape index (κ3) is 3.30. The van der Waals surface area contributed by atoms with Gasteiger partial charge in [0.2, 0.25) is 0 Å². The lowest BCUT2D eigenvalue weighted by molar-refractivity contribution is -0.152. The van der Waals surface area contributed by atoms with E-state index in [-0.39, 0.29) is 18.2 Å². The van der Waals surface area contributed by atoms with Crippen molar-refractivity contribution in [3.8, 4) is 17.2 Å². The van der Waals surface area contributed by atoms with E-state index in [1.165, 1.54) is 6.92 Å². The zero-order valence-corrected chi connectivity index (χ0v) is 13.9. The first-order valence-corrected chi connectivity index (χ1v) is 7.75. The number of hydrogen-bond acceptors (Lipinski definition) is 5. The molecule has 1 heterocycles. The summed E-state index contributed by atoms with van der Waals surface area (Å²) in [6, 6.07) is 13.2. The average molecular weight is 328 g/mol. The van der Waals surface area contributed by atoms with E-state index in [4.69, 9.17) is 18.9 Å². The quantitative estimate of drug-likeness (QED) is 0.806. The Hall–Kier alpha value is -2.69. The first-order valence-electron chi connectivity index (χ1n) is 7.75. The summed E-state index contributed by atoms with van der Waals surface area (Å²) in [4.78, 5) is 11.5. The SMILES string of the molecule is COc1ccc(C2Oc3cc(OC)ccc3CC2OC(C)=O)cc1. The fourth-order valence-corrected chi connectivity index (χ4v) is 2.87. The van der Waals surface area contributed by atoms with Crippen molar-refractivity contribution >= 4 is 5.97 Å². The molecular formula is C19H20O5. The predicted molar refractivity (Wildman–Crippen MR) is 88.6 cm³/mol. The number of carbonyl (C=O) groups excluding carboxylic acids is 1. The normalized spacial score (nSPS) is 19.0. The summed E-state index contributed by atoms with van der Waals surface area (Å²) in [6.45, 7) is 1.41. The van der Waals surface area contributed by atoms with Crippen LogP contribution in [0.3, 0.4) is 0 Å². The van der Waals surface area contributed by atoms with Crippen molar-refractivity contribution in [1.29, 1.82) is 0 Å². The predicted octanol–water partition coefficient (Wildman–Crippen LogP) is 3.31. The van der Waals surface area contributed by atoms with E-state index in [2.05, 4.69) is 0 Å². The van der Waals surface area contributed by atoms with Crippen LogP contribution in [0.1, 0.15) is 24.2 Å². The third-order valence-electron chi connectivity index (χ3n) is 4.05. The highest BCUT2D eigenvalue weighted by molar-refractivity contribution is 5.66. The second kappa shape index (κ2) is 6.83. The highest BCUT2D eigenvalue weighted by Gasteiger charge is 2.34. The van der Waals surface area contributed by atoms with Crippen molar-refractivity contribution in [1.82, 2.24) is 0 Å². The molecule has 0 saturated carbocycles. The molecule has 0 bridgehead atoms. The molecule has 0 N–H and O–H groups in total. The second-order valence-corrected chi connectivity index (χ2v) is 5.64. The first-order chi connectivity index (χ1) is 11.6. The number of benzene rings is 2. The van der Waals surface area contributed by atoms with Crippen molar-refractivity contribution in [3.63, 3.8) is 0 Å². The van der Waals surface area contributed by atoms with Crippen molar-refractivity contribution in [3.05, 3.63) is 53.6 Å². The van der Waals surface area contributed by atoms with Gasteiger partial charge in [-0.25, -0.2) is 0 Å². The minimum absolute atomic E-state index is 0.320. The van der Waals surface area contributed by atoms with Gasteiger partial charge in [0.1, 0.15) is 23.4 Å². The zero-order chi connectivity index (χ0) is 17.1. The smallest absolute Gasteiger partial charge is 0.303 e. The number of esters is 1. The molecule has 3 rings (SSSR count). The summed E-state index contributed by atoms with van der Waals surface area (Å²) >= 11 is 0. The summed E-state index contributed by atoms with van der Waals surface area (Å²) in [5.41, 5.74) is 1.92. The number of ether oxygens (including phenoxy) is 4. The van der Waals surface area contributed by atoms with Crippen molar-refractivity contribution in [2.45, 2.75) is 25.6 Å². The maximum Gasteiger partial charge on any atom is 0.303 e. The van der Waals surface area contributed by atoms with Crippen LogP contribution in [0.15, 0.2) is 42.5 Å². The van der Waals surface area contributed by atoms with Gasteiger partial charge in [-0.2, -0.15) is 0 Å². The van der Waals surface area contributed by atoms with Gasteiger partial charge in [-0.3, -0.25) is 4.79 Å². The molecule has 0 radical (unpaired) electrons. The third-order valence-corrected chi connectivity index (χ3v) is 4.05. The molecule has 2 atom stereocenters. The fraction of sp³-hybridized carbons (Fsp3) is 0.316. The van der Waals surface area contributed by atoms with E-state index in [1.807, 2.05) is 42.5 Å². The van der Waals surface area contributed by atoms with Gasteiger partial charge in [-0.15, -0.1) is 0 Å². The fourth-order valence-electron chi connectivity index (χ4n) is 2.87. The molecule has 1 aliphatic heterocycles. The molecule has 0 fully saturated rings. The van der Waals surface area contributed by atoms with Crippen molar-refractivity contribution in [2.24, 2.45) is 0 Å². The Bertz CT molecular complexity index is 723. The average Bonchev–Trinajstić information content (AvgIpc) is 2.60. The van der Waals surface area contributed by atoms with Crippen LogP contribution in [-0.4, -0.2) is 26.3 Å². The Morgan fingerprint density at radius 2 is 1.71 bits per heavy atom. The minimum atomic E-state index is -0.378. The number of methoxy groups -OCH3 is 2. The molecule has 0 saturated heterocycles. The van der Waals surface area contributed by atoms with E-state index < -0.39 is 0 Å². The second-order valence-electron chi connectivity index (χ2n) is 5.64. The Kier molecular flexibility index (Phi) is 4.60. The number of fused-ring (bicyclic) bond motifs is 1. The molecular weight excluding hydrogens is 308 g/mol. The van der Waals surface area contributed by atoms with Gasteiger partial charge in [0.15, 0.2) is 6.10 Å². The summed E-state index contributed by atoms with van der Waals surface area (Å²) in [7, 11) is 3.24. The lowest BCUT2D eigenvalue weighted by Gasteiger charge is -2.33. The number of rotatable bonds is 4.